The standard InChI is InChI=1S/C35H31Cl2N3O8/c1-47-21-9-4-19(5-10-21)35-26(32(43)39(34(35)45)38-28-13-6-20(36)16-27(28)37)17-25-23(11-12-24-29(25)33(44)40(46)31(24)42)30(35)18-2-7-22(8-3-18)48-15-14-41/h2-11,13,16,24-26,29-30,38,41,46H,12,14-15,17H2,1H3/t24-,25+,26-,29-,30-,35+/m0/s1. The number of hydrazine groups is 1. The molecule has 0 bridgehead atoms. The molecular weight excluding hydrogens is 661 g/mol. The van der Waals surface area contributed by atoms with Crippen molar-refractivity contribution in [3.05, 3.63) is 99.6 Å². The van der Waals surface area contributed by atoms with E-state index in [2.05, 4.69) is 5.43 Å². The molecular formula is C35H31Cl2N3O8. The smallest absolute Gasteiger partial charge is 0.260 e. The molecule has 2 aliphatic heterocycles. The zero-order valence-electron chi connectivity index (χ0n) is 25.6. The first-order valence-electron chi connectivity index (χ1n) is 15.5. The number of halogens is 2. The van der Waals surface area contributed by atoms with Gasteiger partial charge in [0, 0.05) is 10.9 Å². The molecule has 0 radical (unpaired) electrons. The normalized spacial score (nSPS) is 27.8. The number of hydroxylamine groups is 2. The van der Waals surface area contributed by atoms with Crippen molar-refractivity contribution in [2.45, 2.75) is 24.2 Å². The first-order chi connectivity index (χ1) is 23.1. The van der Waals surface area contributed by atoms with Gasteiger partial charge in [0.25, 0.3) is 23.6 Å². The summed E-state index contributed by atoms with van der Waals surface area (Å²) in [6.07, 6.45) is 2.14. The first-order valence-corrected chi connectivity index (χ1v) is 16.2. The van der Waals surface area contributed by atoms with Crippen molar-refractivity contribution < 1.29 is 39.0 Å². The van der Waals surface area contributed by atoms with Gasteiger partial charge >= 0.3 is 0 Å². The average molecular weight is 693 g/mol. The van der Waals surface area contributed by atoms with Crippen molar-refractivity contribution >= 4 is 52.5 Å². The van der Waals surface area contributed by atoms with Crippen molar-refractivity contribution in [1.82, 2.24) is 10.1 Å². The Morgan fingerprint density at radius 2 is 1.62 bits per heavy atom. The van der Waals surface area contributed by atoms with Crippen LogP contribution in [0.25, 0.3) is 0 Å². The summed E-state index contributed by atoms with van der Waals surface area (Å²) >= 11 is 12.6. The van der Waals surface area contributed by atoms with Gasteiger partial charge in [0.15, 0.2) is 0 Å². The van der Waals surface area contributed by atoms with E-state index in [0.717, 1.165) is 10.6 Å². The number of aliphatic hydroxyl groups excluding tert-OH is 1. The fraction of sp³-hybridized carbons (Fsp3) is 0.314. The Balaban J connectivity index is 1.44. The van der Waals surface area contributed by atoms with E-state index in [9.17, 15) is 24.7 Å². The van der Waals surface area contributed by atoms with Gasteiger partial charge in [-0.1, -0.05) is 59.1 Å². The summed E-state index contributed by atoms with van der Waals surface area (Å²) in [7, 11) is 1.53. The van der Waals surface area contributed by atoms with Crippen LogP contribution in [0.2, 0.25) is 10.0 Å². The minimum Gasteiger partial charge on any atom is -0.497 e. The minimum atomic E-state index is -1.51. The Bertz CT molecular complexity index is 1850. The Labute approximate surface area is 285 Å². The van der Waals surface area contributed by atoms with Gasteiger partial charge in [-0.05, 0) is 72.4 Å². The summed E-state index contributed by atoms with van der Waals surface area (Å²) in [6, 6.07) is 18.7. The number of carbonyl (C=O) groups is 4. The van der Waals surface area contributed by atoms with Crippen molar-refractivity contribution in [3.63, 3.8) is 0 Å². The highest BCUT2D eigenvalue weighted by molar-refractivity contribution is 6.36. The Morgan fingerprint density at radius 1 is 0.917 bits per heavy atom. The lowest BCUT2D eigenvalue weighted by molar-refractivity contribution is -0.173. The van der Waals surface area contributed by atoms with Crippen LogP contribution in [-0.4, -0.2) is 64.3 Å². The van der Waals surface area contributed by atoms with E-state index in [0.29, 0.717) is 27.6 Å². The van der Waals surface area contributed by atoms with Gasteiger partial charge in [-0.25, -0.2) is 0 Å². The largest absolute Gasteiger partial charge is 0.497 e. The molecule has 2 aliphatic carbocycles. The fourth-order valence-electron chi connectivity index (χ4n) is 8.12. The second kappa shape index (κ2) is 12.2. The van der Waals surface area contributed by atoms with Gasteiger partial charge in [0.2, 0.25) is 0 Å². The number of allylic oxidation sites excluding steroid dienone is 2. The molecule has 3 aromatic carbocycles. The number of ether oxygens (including phenoxy) is 2. The van der Waals surface area contributed by atoms with Gasteiger partial charge in [-0.2, -0.15) is 10.1 Å². The maximum absolute atomic E-state index is 15.2. The number of hydrogen-bond acceptors (Lipinski definition) is 9. The van der Waals surface area contributed by atoms with Crippen LogP contribution in [0.4, 0.5) is 5.69 Å². The van der Waals surface area contributed by atoms with Crippen LogP contribution in [-0.2, 0) is 24.6 Å². The molecule has 248 valence electrons. The molecule has 2 heterocycles. The molecule has 0 aromatic heterocycles. The lowest BCUT2D eigenvalue weighted by Gasteiger charge is -2.50. The number of anilines is 1. The third-order valence-corrected chi connectivity index (χ3v) is 10.7. The van der Waals surface area contributed by atoms with Crippen LogP contribution in [0.5, 0.6) is 11.5 Å². The van der Waals surface area contributed by atoms with Gasteiger partial charge in [-0.15, -0.1) is 0 Å². The van der Waals surface area contributed by atoms with Crippen LogP contribution in [0.3, 0.4) is 0 Å². The number of aliphatic hydroxyl groups is 1. The average Bonchev–Trinajstić information content (AvgIpc) is 3.45. The number of methoxy groups -OCH3 is 1. The van der Waals surface area contributed by atoms with Crippen LogP contribution in [0.15, 0.2) is 78.4 Å². The predicted octanol–water partition coefficient (Wildman–Crippen LogP) is 4.75. The number of nitrogens with zero attached hydrogens (tertiary/aromatic N) is 2. The quantitative estimate of drug-likeness (QED) is 0.173. The van der Waals surface area contributed by atoms with Crippen molar-refractivity contribution in [2.24, 2.45) is 23.7 Å². The molecule has 4 aliphatic rings. The highest BCUT2D eigenvalue weighted by Gasteiger charge is 2.70. The second-order valence-electron chi connectivity index (χ2n) is 12.3. The number of carbonyl (C=O) groups excluding carboxylic acids is 4. The number of nitrogens with one attached hydrogen (secondary N) is 1. The lowest BCUT2D eigenvalue weighted by atomic mass is 9.49. The topological polar surface area (TPSA) is 146 Å². The third-order valence-electron chi connectivity index (χ3n) is 10.1. The van der Waals surface area contributed by atoms with E-state index in [1.807, 2.05) is 6.08 Å². The van der Waals surface area contributed by atoms with E-state index in [-0.39, 0.29) is 41.8 Å². The summed E-state index contributed by atoms with van der Waals surface area (Å²) in [4.78, 5) is 56.1. The molecule has 7 rings (SSSR count). The molecule has 2 saturated heterocycles. The lowest BCUT2D eigenvalue weighted by Crippen LogP contribution is -2.53. The van der Waals surface area contributed by atoms with Gasteiger partial charge in [-0.3, -0.25) is 29.8 Å². The van der Waals surface area contributed by atoms with E-state index in [1.54, 1.807) is 60.7 Å². The SMILES string of the molecule is COc1ccc([C@@]23C(=O)N(Nc4ccc(Cl)cc4Cl)C(=O)[C@@H]2C[C@@H]2C(=CC[C@@H]4C(=O)N(O)C(=O)[C@@H]42)[C@@H]3c2ccc(OCCO)cc2)cc1. The van der Waals surface area contributed by atoms with Crippen molar-refractivity contribution in [3.8, 4) is 11.5 Å². The molecule has 0 spiro atoms. The van der Waals surface area contributed by atoms with E-state index < -0.39 is 58.6 Å². The molecule has 0 unspecified atom stereocenters. The van der Waals surface area contributed by atoms with Crippen LogP contribution >= 0.6 is 23.2 Å². The Kier molecular flexibility index (Phi) is 8.19. The molecule has 6 atom stereocenters. The predicted molar refractivity (Wildman–Crippen MR) is 173 cm³/mol. The molecule has 48 heavy (non-hydrogen) atoms. The summed E-state index contributed by atoms with van der Waals surface area (Å²) < 4.78 is 11.0. The molecule has 3 N–H and O–H groups in total. The number of amides is 4. The molecule has 4 amide bonds. The number of rotatable bonds is 8. The summed E-state index contributed by atoms with van der Waals surface area (Å²) in [6.45, 7) is -0.0823. The van der Waals surface area contributed by atoms with E-state index >= 15 is 4.79 Å². The molecule has 3 fully saturated rings. The second-order valence-corrected chi connectivity index (χ2v) is 13.2. The van der Waals surface area contributed by atoms with Gasteiger partial charge < -0.3 is 14.6 Å². The van der Waals surface area contributed by atoms with Crippen LogP contribution in [0.1, 0.15) is 29.9 Å². The first kappa shape index (κ1) is 32.1. The zero-order chi connectivity index (χ0) is 33.9. The minimum absolute atomic E-state index is 0.0667. The summed E-state index contributed by atoms with van der Waals surface area (Å²) in [5.74, 6) is -5.49. The summed E-state index contributed by atoms with van der Waals surface area (Å²) in [5, 5.41) is 21.4. The maximum Gasteiger partial charge on any atom is 0.260 e. The van der Waals surface area contributed by atoms with Gasteiger partial charge in [0.1, 0.15) is 18.1 Å². The zero-order valence-corrected chi connectivity index (χ0v) is 27.1. The number of imide groups is 2. The van der Waals surface area contributed by atoms with E-state index in [4.69, 9.17) is 32.7 Å². The monoisotopic (exact) mass is 691 g/mol. The van der Waals surface area contributed by atoms with Crippen LogP contribution in [0, 0.1) is 23.7 Å². The number of benzene rings is 3. The molecule has 11 nitrogen and oxygen atoms in total. The molecule has 13 heteroatoms. The number of hydrogen-bond donors (Lipinski definition) is 3. The number of fused-ring (bicyclic) bond motifs is 4. The maximum atomic E-state index is 15.2. The van der Waals surface area contributed by atoms with Crippen molar-refractivity contribution in [2.75, 3.05) is 25.7 Å². The van der Waals surface area contributed by atoms with Gasteiger partial charge in [0.05, 0.1) is 47.6 Å². The Morgan fingerprint density at radius 3 is 2.29 bits per heavy atom. The highest BCUT2D eigenvalue weighted by Crippen LogP contribution is 2.64. The van der Waals surface area contributed by atoms with Crippen LogP contribution < -0.4 is 14.9 Å². The third kappa shape index (κ3) is 4.79. The molecule has 3 aromatic rings. The van der Waals surface area contributed by atoms with E-state index in [1.165, 1.54) is 13.2 Å². The summed E-state index contributed by atoms with van der Waals surface area (Å²) in [5.41, 5.74) is 3.69. The molecule has 1 saturated carbocycles. The Hall–Kier alpha value is -4.42. The fourth-order valence-corrected chi connectivity index (χ4v) is 8.57. The highest BCUT2D eigenvalue weighted by atomic mass is 35.5. The van der Waals surface area contributed by atoms with Crippen molar-refractivity contribution in [1.29, 1.82) is 0 Å².